The quantitative estimate of drug-likeness (QED) is 0.663. The highest BCUT2D eigenvalue weighted by molar-refractivity contribution is 7.19. The SMILES string of the molecule is CC(=O)N[C@@H](C)COC1CC(COc2ccc3nc(OCC(C)(C)C)sc3n2)C1. The summed E-state index contributed by atoms with van der Waals surface area (Å²) in [6, 6.07) is 3.82. The van der Waals surface area contributed by atoms with Crippen molar-refractivity contribution in [3.63, 3.8) is 0 Å². The van der Waals surface area contributed by atoms with E-state index in [4.69, 9.17) is 14.2 Å². The maximum atomic E-state index is 11.0. The van der Waals surface area contributed by atoms with Crippen LogP contribution in [0.15, 0.2) is 12.1 Å². The third-order valence-electron chi connectivity index (χ3n) is 4.53. The number of nitrogens with one attached hydrogen (secondary N) is 1. The molecule has 0 aromatic carbocycles. The molecule has 2 aromatic rings. The first kappa shape index (κ1) is 21.8. The highest BCUT2D eigenvalue weighted by Gasteiger charge is 2.31. The van der Waals surface area contributed by atoms with Crippen LogP contribution in [0, 0.1) is 11.3 Å². The highest BCUT2D eigenvalue weighted by atomic mass is 32.1. The first-order chi connectivity index (χ1) is 13.7. The lowest BCUT2D eigenvalue weighted by atomic mass is 9.83. The summed E-state index contributed by atoms with van der Waals surface area (Å²) in [6.07, 6.45) is 2.19. The van der Waals surface area contributed by atoms with Crippen LogP contribution in [0.1, 0.15) is 47.5 Å². The van der Waals surface area contributed by atoms with Crippen LogP contribution in [0.2, 0.25) is 0 Å². The Labute approximate surface area is 176 Å². The minimum atomic E-state index is -0.0284. The van der Waals surface area contributed by atoms with E-state index >= 15 is 0 Å². The van der Waals surface area contributed by atoms with Gasteiger partial charge in [0, 0.05) is 19.0 Å². The second-order valence-corrected chi connectivity index (χ2v) is 9.95. The topological polar surface area (TPSA) is 82.6 Å². The second kappa shape index (κ2) is 9.26. The van der Waals surface area contributed by atoms with E-state index in [1.165, 1.54) is 18.3 Å². The molecule has 3 rings (SSSR count). The van der Waals surface area contributed by atoms with Gasteiger partial charge >= 0.3 is 0 Å². The Morgan fingerprint density at radius 2 is 2.03 bits per heavy atom. The summed E-state index contributed by atoms with van der Waals surface area (Å²) in [6.45, 7) is 11.6. The first-order valence-electron chi connectivity index (χ1n) is 10.1. The highest BCUT2D eigenvalue weighted by Crippen LogP contribution is 2.32. The lowest BCUT2D eigenvalue weighted by Gasteiger charge is -2.35. The molecule has 1 N–H and O–H groups in total. The third kappa shape index (κ3) is 6.82. The summed E-state index contributed by atoms with van der Waals surface area (Å²) in [5.74, 6) is 1.06. The zero-order valence-corrected chi connectivity index (χ0v) is 18.7. The lowest BCUT2D eigenvalue weighted by molar-refractivity contribution is -0.120. The van der Waals surface area contributed by atoms with Crippen LogP contribution in [0.5, 0.6) is 11.1 Å². The lowest BCUT2D eigenvalue weighted by Crippen LogP contribution is -2.40. The molecular weight excluding hydrogens is 390 g/mol. The van der Waals surface area contributed by atoms with E-state index in [0.29, 0.717) is 36.8 Å². The van der Waals surface area contributed by atoms with E-state index < -0.39 is 0 Å². The number of ether oxygens (including phenoxy) is 3. The summed E-state index contributed by atoms with van der Waals surface area (Å²) in [5.41, 5.74) is 0.919. The molecule has 0 saturated heterocycles. The molecule has 1 atom stereocenters. The van der Waals surface area contributed by atoms with Gasteiger partial charge in [0.25, 0.3) is 5.19 Å². The molecule has 0 bridgehead atoms. The van der Waals surface area contributed by atoms with Crippen LogP contribution >= 0.6 is 11.3 Å². The molecule has 2 heterocycles. The standard InChI is InChI=1S/C21H31N3O4S/c1-13(22-14(2)25)10-26-16-8-15(9-16)11-27-18-7-6-17-19(24-18)29-20(23-17)28-12-21(3,4)5/h6-7,13,15-16H,8-12H2,1-5H3,(H,22,25)/t13-,15?,16?/m0/s1. The number of carbonyl (C=O) groups is 1. The van der Waals surface area contributed by atoms with Gasteiger partial charge in [-0.05, 0) is 37.2 Å². The van der Waals surface area contributed by atoms with Crippen molar-refractivity contribution in [1.29, 1.82) is 0 Å². The summed E-state index contributed by atoms with van der Waals surface area (Å²) < 4.78 is 17.5. The normalized spacial score (nSPS) is 20.2. The number of hydrogen-bond acceptors (Lipinski definition) is 7. The van der Waals surface area contributed by atoms with Crippen LogP contribution in [-0.2, 0) is 9.53 Å². The maximum absolute atomic E-state index is 11.0. The van der Waals surface area contributed by atoms with Crippen LogP contribution in [0.4, 0.5) is 0 Å². The fourth-order valence-corrected chi connectivity index (χ4v) is 3.80. The van der Waals surface area contributed by atoms with E-state index in [-0.39, 0.29) is 23.5 Å². The van der Waals surface area contributed by atoms with E-state index in [2.05, 4.69) is 36.1 Å². The number of fused-ring (bicyclic) bond motifs is 1. The van der Waals surface area contributed by atoms with E-state index in [9.17, 15) is 4.79 Å². The molecular formula is C21H31N3O4S. The number of carbonyl (C=O) groups excluding carboxylic acids is 1. The number of hydrogen-bond donors (Lipinski definition) is 1. The Balaban J connectivity index is 1.40. The van der Waals surface area contributed by atoms with Crippen molar-refractivity contribution in [2.45, 2.75) is 59.6 Å². The minimum Gasteiger partial charge on any atom is -0.477 e. The molecule has 0 spiro atoms. The van der Waals surface area contributed by atoms with Crippen LogP contribution in [0.25, 0.3) is 10.3 Å². The second-order valence-electron chi connectivity index (χ2n) is 9.01. The smallest absolute Gasteiger partial charge is 0.275 e. The molecule has 8 heteroatoms. The number of pyridine rings is 1. The molecule has 1 fully saturated rings. The zero-order chi connectivity index (χ0) is 21.0. The van der Waals surface area contributed by atoms with Crippen molar-refractivity contribution < 1.29 is 19.0 Å². The third-order valence-corrected chi connectivity index (χ3v) is 5.41. The first-order valence-corrected chi connectivity index (χ1v) is 10.9. The molecule has 1 amide bonds. The molecule has 2 aromatic heterocycles. The largest absolute Gasteiger partial charge is 0.477 e. The predicted molar refractivity (Wildman–Crippen MR) is 114 cm³/mol. The van der Waals surface area contributed by atoms with Crippen molar-refractivity contribution in [3.8, 4) is 11.1 Å². The van der Waals surface area contributed by atoms with Gasteiger partial charge in [0.2, 0.25) is 11.8 Å². The van der Waals surface area contributed by atoms with Crippen molar-refractivity contribution in [3.05, 3.63) is 12.1 Å². The summed E-state index contributed by atoms with van der Waals surface area (Å²) >= 11 is 1.45. The van der Waals surface area contributed by atoms with Crippen LogP contribution in [0.3, 0.4) is 0 Å². The number of rotatable bonds is 9. The van der Waals surface area contributed by atoms with Crippen molar-refractivity contribution in [2.75, 3.05) is 19.8 Å². The van der Waals surface area contributed by atoms with Gasteiger partial charge in [0.15, 0.2) is 4.83 Å². The predicted octanol–water partition coefficient (Wildman–Crippen LogP) is 3.81. The molecule has 1 saturated carbocycles. The fraction of sp³-hybridized carbons (Fsp3) is 0.667. The number of nitrogens with zero attached hydrogens (tertiary/aromatic N) is 2. The molecule has 1 aliphatic carbocycles. The molecule has 7 nitrogen and oxygen atoms in total. The maximum Gasteiger partial charge on any atom is 0.275 e. The van der Waals surface area contributed by atoms with Gasteiger partial charge in [-0.3, -0.25) is 4.79 Å². The Morgan fingerprint density at radius 3 is 2.72 bits per heavy atom. The Kier molecular flexibility index (Phi) is 6.95. The van der Waals surface area contributed by atoms with Gasteiger partial charge in [-0.25, -0.2) is 9.97 Å². The van der Waals surface area contributed by atoms with Gasteiger partial charge in [-0.1, -0.05) is 32.1 Å². The monoisotopic (exact) mass is 421 g/mol. The van der Waals surface area contributed by atoms with Gasteiger partial charge in [0.05, 0.1) is 25.9 Å². The summed E-state index contributed by atoms with van der Waals surface area (Å²) in [7, 11) is 0. The van der Waals surface area contributed by atoms with Gasteiger partial charge < -0.3 is 19.5 Å². The van der Waals surface area contributed by atoms with Crippen molar-refractivity contribution >= 4 is 27.6 Å². The van der Waals surface area contributed by atoms with Gasteiger partial charge in [-0.2, -0.15) is 0 Å². The minimum absolute atomic E-state index is 0.0284. The molecule has 0 unspecified atom stereocenters. The fourth-order valence-electron chi connectivity index (χ4n) is 3.02. The Hall–Kier alpha value is -1.93. The molecule has 0 radical (unpaired) electrons. The average Bonchev–Trinajstić information content (AvgIpc) is 2.99. The Bertz CT molecular complexity index is 827. The summed E-state index contributed by atoms with van der Waals surface area (Å²) in [5, 5.41) is 3.47. The van der Waals surface area contributed by atoms with Gasteiger partial charge in [0.1, 0.15) is 5.52 Å². The summed E-state index contributed by atoms with van der Waals surface area (Å²) in [4.78, 5) is 20.9. The molecule has 1 aliphatic rings. The Morgan fingerprint density at radius 1 is 1.28 bits per heavy atom. The molecule has 0 aliphatic heterocycles. The number of aromatic nitrogens is 2. The van der Waals surface area contributed by atoms with E-state index in [1.54, 1.807) is 0 Å². The number of thiazole rings is 1. The number of amides is 1. The molecule has 160 valence electrons. The molecule has 29 heavy (non-hydrogen) atoms. The average molecular weight is 422 g/mol. The van der Waals surface area contributed by atoms with E-state index in [1.807, 2.05) is 19.1 Å². The van der Waals surface area contributed by atoms with Crippen LogP contribution in [-0.4, -0.2) is 47.8 Å². The van der Waals surface area contributed by atoms with Crippen molar-refractivity contribution in [1.82, 2.24) is 15.3 Å². The van der Waals surface area contributed by atoms with Crippen LogP contribution < -0.4 is 14.8 Å². The van der Waals surface area contributed by atoms with E-state index in [0.717, 1.165) is 23.2 Å². The van der Waals surface area contributed by atoms with Crippen molar-refractivity contribution in [2.24, 2.45) is 11.3 Å². The zero-order valence-electron chi connectivity index (χ0n) is 17.9. The van der Waals surface area contributed by atoms with Gasteiger partial charge in [-0.15, -0.1) is 0 Å².